The van der Waals surface area contributed by atoms with Gasteiger partial charge in [-0.05, 0) is 85.3 Å². The van der Waals surface area contributed by atoms with Crippen LogP contribution in [-0.2, 0) is 9.47 Å². The van der Waals surface area contributed by atoms with Crippen LogP contribution in [0.15, 0.2) is 40.1 Å². The molecular weight excluding hydrogens is 564 g/mol. The smallest absolute Gasteiger partial charge is 0.410 e. The highest BCUT2D eigenvalue weighted by Crippen LogP contribution is 2.36. The average molecular weight is 598 g/mol. The van der Waals surface area contributed by atoms with Crippen LogP contribution in [0.25, 0.3) is 22.4 Å². The number of nitrogens with zero attached hydrogens (tertiary/aromatic N) is 6. The Hall–Kier alpha value is -3.18. The molecule has 1 aromatic carbocycles. The molecule has 39 heavy (non-hydrogen) atoms. The molecule has 3 aliphatic rings. The maximum absolute atomic E-state index is 12.6. The van der Waals surface area contributed by atoms with E-state index in [9.17, 15) is 4.79 Å². The number of carbonyl (C=O) groups excluding carboxylic acids is 1. The maximum atomic E-state index is 12.6. The molecule has 206 valence electrons. The number of anilines is 1. The van der Waals surface area contributed by atoms with Gasteiger partial charge in [0.25, 0.3) is 0 Å². The summed E-state index contributed by atoms with van der Waals surface area (Å²) < 4.78 is 20.0. The SMILES string of the molecule is COc1ccc(-c2nc(N3CC4=C(CN(C(=O)OC(C)(C)C)C4)C3)nc3c2ncn3C2CCCCO2)cc1Br. The largest absolute Gasteiger partial charge is 0.496 e. The van der Waals surface area contributed by atoms with E-state index in [-0.39, 0.29) is 12.3 Å². The lowest BCUT2D eigenvalue weighted by atomic mass is 10.1. The summed E-state index contributed by atoms with van der Waals surface area (Å²) in [7, 11) is 1.65. The van der Waals surface area contributed by atoms with Crippen LogP contribution in [0.3, 0.4) is 0 Å². The minimum atomic E-state index is -0.517. The number of benzene rings is 1. The zero-order valence-corrected chi connectivity index (χ0v) is 24.3. The minimum absolute atomic E-state index is 0.0916. The standard InChI is InChI=1S/C28H33BrN6O4/c1-28(2,3)39-27(36)34-14-18-12-33(13-19(18)15-34)26-31-23(17-8-9-21(37-4)20(29)11-17)24-25(32-26)35(16-30-24)22-7-5-6-10-38-22/h8-9,11,16,22H,5-7,10,12-15H2,1-4H3. The topological polar surface area (TPSA) is 94.8 Å². The molecule has 3 aliphatic heterocycles. The molecule has 1 saturated heterocycles. The predicted molar refractivity (Wildman–Crippen MR) is 151 cm³/mol. The first-order chi connectivity index (χ1) is 18.7. The Kier molecular flexibility index (Phi) is 6.74. The lowest BCUT2D eigenvalue weighted by molar-refractivity contribution is -0.0298. The molecule has 1 amide bonds. The molecule has 10 nitrogen and oxygen atoms in total. The first-order valence-corrected chi connectivity index (χ1v) is 14.1. The van der Waals surface area contributed by atoms with Gasteiger partial charge in [-0.1, -0.05) is 0 Å². The summed E-state index contributed by atoms with van der Waals surface area (Å²) in [6, 6.07) is 5.92. The van der Waals surface area contributed by atoms with Crippen LogP contribution < -0.4 is 9.64 Å². The van der Waals surface area contributed by atoms with E-state index < -0.39 is 5.60 Å². The number of halogens is 1. The average Bonchev–Trinajstić information content (AvgIpc) is 3.61. The molecule has 0 aliphatic carbocycles. The highest BCUT2D eigenvalue weighted by Gasteiger charge is 2.35. The summed E-state index contributed by atoms with van der Waals surface area (Å²) >= 11 is 3.62. The number of ether oxygens (including phenoxy) is 3. The molecule has 2 aromatic heterocycles. The molecule has 3 aromatic rings. The van der Waals surface area contributed by atoms with Gasteiger partial charge in [0.05, 0.1) is 17.9 Å². The molecule has 0 bridgehead atoms. The van der Waals surface area contributed by atoms with Crippen molar-refractivity contribution in [3.8, 4) is 17.0 Å². The van der Waals surface area contributed by atoms with E-state index in [0.717, 1.165) is 58.5 Å². The predicted octanol–water partition coefficient (Wildman–Crippen LogP) is 5.33. The highest BCUT2D eigenvalue weighted by atomic mass is 79.9. The lowest BCUT2D eigenvalue weighted by Crippen LogP contribution is -2.38. The Bertz CT molecular complexity index is 1440. The van der Waals surface area contributed by atoms with Crippen molar-refractivity contribution >= 4 is 39.1 Å². The van der Waals surface area contributed by atoms with Crippen LogP contribution in [0.4, 0.5) is 10.7 Å². The molecule has 1 fully saturated rings. The normalized spacial score (nSPS) is 19.7. The van der Waals surface area contributed by atoms with Crippen molar-refractivity contribution in [3.63, 3.8) is 0 Å². The second kappa shape index (κ2) is 10.1. The van der Waals surface area contributed by atoms with E-state index in [1.54, 1.807) is 12.0 Å². The van der Waals surface area contributed by atoms with E-state index in [0.29, 0.717) is 32.1 Å². The molecule has 0 saturated carbocycles. The fraction of sp³-hybridized carbons (Fsp3) is 0.500. The Morgan fingerprint density at radius 2 is 1.87 bits per heavy atom. The molecule has 5 heterocycles. The van der Waals surface area contributed by atoms with Gasteiger partial charge < -0.3 is 24.0 Å². The van der Waals surface area contributed by atoms with Crippen LogP contribution >= 0.6 is 15.9 Å². The molecule has 11 heteroatoms. The summed E-state index contributed by atoms with van der Waals surface area (Å²) in [6.45, 7) is 8.86. The second-order valence-electron chi connectivity index (χ2n) is 11.3. The molecular formula is C28H33BrN6O4. The zero-order chi connectivity index (χ0) is 27.3. The number of imidazole rings is 1. The third kappa shape index (κ3) is 5.09. The molecule has 0 radical (unpaired) electrons. The zero-order valence-electron chi connectivity index (χ0n) is 22.7. The van der Waals surface area contributed by atoms with Gasteiger partial charge in [-0.2, -0.15) is 4.98 Å². The number of fused-ring (bicyclic) bond motifs is 1. The fourth-order valence-corrected chi connectivity index (χ4v) is 5.93. The summed E-state index contributed by atoms with van der Waals surface area (Å²) in [6.07, 6.45) is 4.56. The number of rotatable bonds is 4. The number of aromatic nitrogens is 4. The Labute approximate surface area is 236 Å². The number of amides is 1. The van der Waals surface area contributed by atoms with Crippen molar-refractivity contribution in [1.82, 2.24) is 24.4 Å². The number of hydrogen-bond acceptors (Lipinski definition) is 8. The Morgan fingerprint density at radius 3 is 2.51 bits per heavy atom. The quantitative estimate of drug-likeness (QED) is 0.373. The summed E-state index contributed by atoms with van der Waals surface area (Å²) in [5, 5.41) is 0. The van der Waals surface area contributed by atoms with E-state index in [1.807, 2.05) is 49.9 Å². The molecule has 0 N–H and O–H groups in total. The highest BCUT2D eigenvalue weighted by molar-refractivity contribution is 9.10. The molecule has 1 unspecified atom stereocenters. The minimum Gasteiger partial charge on any atom is -0.496 e. The number of hydrogen-bond donors (Lipinski definition) is 0. The van der Waals surface area contributed by atoms with Crippen LogP contribution in [0, 0.1) is 0 Å². The third-order valence-electron chi connectivity index (χ3n) is 7.26. The summed E-state index contributed by atoms with van der Waals surface area (Å²) in [4.78, 5) is 31.4. The van der Waals surface area contributed by atoms with Crippen LogP contribution in [0.1, 0.15) is 46.3 Å². The van der Waals surface area contributed by atoms with Crippen LogP contribution in [0.5, 0.6) is 5.75 Å². The van der Waals surface area contributed by atoms with E-state index in [1.165, 1.54) is 11.1 Å². The van der Waals surface area contributed by atoms with Gasteiger partial charge in [0.2, 0.25) is 5.95 Å². The maximum Gasteiger partial charge on any atom is 0.410 e. The van der Waals surface area contributed by atoms with Crippen LogP contribution in [-0.4, -0.2) is 76.0 Å². The van der Waals surface area contributed by atoms with Gasteiger partial charge >= 0.3 is 6.09 Å². The molecule has 0 spiro atoms. The first kappa shape index (κ1) is 26.1. The van der Waals surface area contributed by atoms with Crippen LogP contribution in [0.2, 0.25) is 0 Å². The third-order valence-corrected chi connectivity index (χ3v) is 7.88. The van der Waals surface area contributed by atoms with Crippen molar-refractivity contribution in [2.45, 2.75) is 51.9 Å². The van der Waals surface area contributed by atoms with E-state index in [4.69, 9.17) is 29.2 Å². The molecule has 1 atom stereocenters. The Morgan fingerprint density at radius 1 is 1.10 bits per heavy atom. The number of methoxy groups -OCH3 is 1. The van der Waals surface area contributed by atoms with Gasteiger partial charge in [0, 0.05) is 38.3 Å². The van der Waals surface area contributed by atoms with Gasteiger partial charge in [-0.15, -0.1) is 0 Å². The molecule has 6 rings (SSSR count). The van der Waals surface area contributed by atoms with E-state index in [2.05, 4.69) is 20.8 Å². The van der Waals surface area contributed by atoms with Gasteiger partial charge in [-0.3, -0.25) is 4.57 Å². The van der Waals surface area contributed by atoms with E-state index >= 15 is 0 Å². The van der Waals surface area contributed by atoms with Crippen molar-refractivity contribution in [2.75, 3.05) is 44.8 Å². The second-order valence-corrected chi connectivity index (χ2v) is 12.1. The monoisotopic (exact) mass is 596 g/mol. The summed E-state index contributed by atoms with van der Waals surface area (Å²) in [5.41, 5.74) is 5.11. The first-order valence-electron chi connectivity index (χ1n) is 13.3. The van der Waals surface area contributed by atoms with Crippen molar-refractivity contribution in [3.05, 3.63) is 40.1 Å². The van der Waals surface area contributed by atoms with Gasteiger partial charge in [0.1, 0.15) is 28.8 Å². The number of carbonyl (C=O) groups is 1. The van der Waals surface area contributed by atoms with Gasteiger partial charge in [0.15, 0.2) is 5.65 Å². The van der Waals surface area contributed by atoms with Gasteiger partial charge in [-0.25, -0.2) is 14.8 Å². The van der Waals surface area contributed by atoms with Crippen molar-refractivity contribution in [1.29, 1.82) is 0 Å². The van der Waals surface area contributed by atoms with Crippen molar-refractivity contribution < 1.29 is 19.0 Å². The fourth-order valence-electron chi connectivity index (χ4n) is 5.39. The Balaban J connectivity index is 1.33. The lowest BCUT2D eigenvalue weighted by Gasteiger charge is -2.27. The summed E-state index contributed by atoms with van der Waals surface area (Å²) in [5.74, 6) is 1.39. The van der Waals surface area contributed by atoms with Crippen molar-refractivity contribution in [2.24, 2.45) is 0 Å².